The normalized spacial score (nSPS) is 12.5. The average molecular weight is 1000 g/mol. The van der Waals surface area contributed by atoms with Crippen molar-refractivity contribution in [2.45, 2.75) is 0 Å². The van der Waals surface area contributed by atoms with Crippen LogP contribution < -0.4 is 29.0 Å². The van der Waals surface area contributed by atoms with E-state index in [2.05, 4.69) is 236 Å². The Balaban J connectivity index is 0.00000433. The van der Waals surface area contributed by atoms with Gasteiger partial charge in [0.2, 0.25) is 0 Å². The van der Waals surface area contributed by atoms with Crippen molar-refractivity contribution in [2.75, 3.05) is 9.62 Å². The number of hydrogen-bond donors (Lipinski definition) is 0. The topological polar surface area (TPSA) is 33.3 Å². The molecule has 2 aliphatic heterocycles. The monoisotopic (exact) mass is 1000 g/mol. The summed E-state index contributed by atoms with van der Waals surface area (Å²) in [4.78, 5) is 4.82. The summed E-state index contributed by atoms with van der Waals surface area (Å²) >= 11 is 0. The van der Waals surface area contributed by atoms with Crippen molar-refractivity contribution in [1.82, 2.24) is 9.13 Å². The molecule has 0 amide bonds. The quantitative estimate of drug-likeness (QED) is 0.0946. The number of imidazole rings is 1. The number of rotatable bonds is 6. The fourth-order valence-corrected chi connectivity index (χ4v) is 9.90. The van der Waals surface area contributed by atoms with E-state index in [-0.39, 0.29) is 28.0 Å². The summed E-state index contributed by atoms with van der Waals surface area (Å²) in [7, 11) is 2.12. The summed E-state index contributed by atoms with van der Waals surface area (Å²) in [5, 5.41) is 2.44. The molecule has 0 saturated carbocycles. The Morgan fingerprint density at radius 2 is 1.20 bits per heavy atom. The maximum Gasteiger partial charge on any atom is 0.529 e. The van der Waals surface area contributed by atoms with E-state index in [1.54, 1.807) is 0 Å². The fraction of sp³-hybridized carbons (Fsp3) is 0.0182. The molecule has 3 aromatic heterocycles. The van der Waals surface area contributed by atoms with E-state index >= 15 is 0 Å². The third-order valence-electron chi connectivity index (χ3n) is 12.5. The van der Waals surface area contributed by atoms with Gasteiger partial charge in [0.25, 0.3) is 12.1 Å². The molecule has 5 heterocycles. The zero-order valence-corrected chi connectivity index (χ0v) is 36.8. The van der Waals surface area contributed by atoms with Gasteiger partial charge in [-0.2, -0.15) is 12.1 Å². The number of anilines is 4. The third kappa shape index (κ3) is 5.72. The largest absolute Gasteiger partial charge is 0.529 e. The van der Waals surface area contributed by atoms with Gasteiger partial charge in [-0.1, -0.05) is 121 Å². The second-order valence-corrected chi connectivity index (χ2v) is 16.1. The Bertz CT molecular complexity index is 3570. The SMILES string of the molecule is C[n+]1cccc2c1N1B(c3ccccc3-2)N(c2ccccc2)c2ccc(Oc3[c-]c(-n4[c-][n+](-c5ccccc5-n5c6ccccc6c6ccccc65)c5ccccc54)ccc3)[c-]c21.[Pt]. The van der Waals surface area contributed by atoms with Crippen LogP contribution in [-0.4, -0.2) is 16.1 Å². The Morgan fingerprint density at radius 3 is 2.03 bits per heavy atom. The molecule has 0 atom stereocenters. The number of para-hydroxylation sites is 7. The third-order valence-corrected chi connectivity index (χ3v) is 12.5. The molecule has 0 saturated heterocycles. The van der Waals surface area contributed by atoms with E-state index in [4.69, 9.17) is 4.74 Å². The van der Waals surface area contributed by atoms with Gasteiger partial charge in [0, 0.05) is 60.2 Å². The van der Waals surface area contributed by atoms with Gasteiger partial charge in [0.15, 0.2) is 0 Å². The fourth-order valence-electron chi connectivity index (χ4n) is 9.90. The van der Waals surface area contributed by atoms with Crippen molar-refractivity contribution in [1.29, 1.82) is 0 Å². The number of aromatic nitrogens is 4. The molecule has 7 nitrogen and oxygen atoms in total. The van der Waals surface area contributed by atoms with Crippen LogP contribution in [0.1, 0.15) is 0 Å². The van der Waals surface area contributed by atoms with Gasteiger partial charge in [-0.15, -0.1) is 24.3 Å². The maximum absolute atomic E-state index is 6.73. The van der Waals surface area contributed by atoms with Gasteiger partial charge < -0.3 is 18.7 Å². The van der Waals surface area contributed by atoms with Crippen LogP contribution in [0.2, 0.25) is 0 Å². The molecule has 2 aliphatic rings. The van der Waals surface area contributed by atoms with E-state index in [1.807, 2.05) is 18.2 Å². The minimum Gasteiger partial charge on any atom is -0.510 e. The predicted octanol–water partition coefficient (Wildman–Crippen LogP) is 10.7. The van der Waals surface area contributed by atoms with E-state index in [0.29, 0.717) is 11.5 Å². The summed E-state index contributed by atoms with van der Waals surface area (Å²) < 4.78 is 15.5. The summed E-state index contributed by atoms with van der Waals surface area (Å²) in [6.45, 7) is -0.120. The first-order valence-electron chi connectivity index (χ1n) is 21.2. The van der Waals surface area contributed by atoms with Crippen molar-refractivity contribution in [3.63, 3.8) is 0 Å². The van der Waals surface area contributed by atoms with Crippen LogP contribution in [0.15, 0.2) is 200 Å². The predicted molar refractivity (Wildman–Crippen MR) is 251 cm³/mol. The number of ether oxygens (including phenoxy) is 1. The van der Waals surface area contributed by atoms with Crippen molar-refractivity contribution in [3.8, 4) is 39.7 Å². The van der Waals surface area contributed by atoms with Crippen LogP contribution >= 0.6 is 0 Å². The molecule has 0 N–H and O–H groups in total. The van der Waals surface area contributed by atoms with Crippen LogP contribution in [0.4, 0.5) is 22.9 Å². The van der Waals surface area contributed by atoms with Gasteiger partial charge in [-0.3, -0.25) is 9.38 Å². The van der Waals surface area contributed by atoms with Crippen molar-refractivity contribution >= 4 is 68.2 Å². The number of fused-ring (bicyclic) bond motifs is 12. The zero-order chi connectivity index (χ0) is 41.6. The minimum atomic E-state index is -0.120. The second kappa shape index (κ2) is 15.0. The van der Waals surface area contributed by atoms with Crippen molar-refractivity contribution < 1.29 is 34.9 Å². The molecular formula is C55H36BN6OPt-. The van der Waals surface area contributed by atoms with Crippen LogP contribution in [0, 0.1) is 18.5 Å². The van der Waals surface area contributed by atoms with Gasteiger partial charge >= 0.3 is 6.98 Å². The molecule has 64 heavy (non-hydrogen) atoms. The summed E-state index contributed by atoms with van der Waals surface area (Å²) in [5.41, 5.74) is 14.0. The molecule has 0 bridgehead atoms. The van der Waals surface area contributed by atoms with Crippen LogP contribution in [0.3, 0.4) is 0 Å². The number of pyridine rings is 1. The summed E-state index contributed by atoms with van der Waals surface area (Å²) in [6.07, 6.45) is 5.85. The van der Waals surface area contributed by atoms with Crippen molar-refractivity contribution in [3.05, 3.63) is 219 Å². The molecule has 0 fully saturated rings. The summed E-state index contributed by atoms with van der Waals surface area (Å²) in [5.74, 6) is 2.29. The van der Waals surface area contributed by atoms with E-state index in [9.17, 15) is 0 Å². The number of benzene rings is 8. The molecule has 9 heteroatoms. The van der Waals surface area contributed by atoms with Gasteiger partial charge in [0.05, 0.1) is 52.2 Å². The number of hydrogen-bond acceptors (Lipinski definition) is 3. The molecule has 11 aromatic rings. The molecule has 0 radical (unpaired) electrons. The first kappa shape index (κ1) is 38.0. The Labute approximate surface area is 385 Å². The first-order valence-corrected chi connectivity index (χ1v) is 21.2. The second-order valence-electron chi connectivity index (χ2n) is 16.1. The van der Waals surface area contributed by atoms with Gasteiger partial charge in [0.1, 0.15) is 0 Å². The molecule has 13 rings (SSSR count). The zero-order valence-electron chi connectivity index (χ0n) is 34.5. The Hall–Kier alpha value is -7.67. The molecule has 0 spiro atoms. The maximum atomic E-state index is 6.73. The molecular weight excluding hydrogens is 967 g/mol. The molecule has 306 valence electrons. The smallest absolute Gasteiger partial charge is 0.510 e. The average Bonchev–Trinajstić information content (AvgIpc) is 4.00. The Morgan fingerprint density at radius 1 is 0.531 bits per heavy atom. The van der Waals surface area contributed by atoms with Crippen LogP contribution in [-0.2, 0) is 28.1 Å². The Kier molecular flexibility index (Phi) is 8.92. The van der Waals surface area contributed by atoms with Crippen LogP contribution in [0.25, 0.3) is 61.0 Å². The van der Waals surface area contributed by atoms with E-state index in [0.717, 1.165) is 62.0 Å². The van der Waals surface area contributed by atoms with Gasteiger partial charge in [-0.05, 0) is 65.5 Å². The van der Waals surface area contributed by atoms with E-state index in [1.165, 1.54) is 27.4 Å². The molecule has 0 unspecified atom stereocenters. The summed E-state index contributed by atoms with van der Waals surface area (Å²) in [6, 6.07) is 75.4. The number of nitrogens with zero attached hydrogens (tertiary/aromatic N) is 6. The van der Waals surface area contributed by atoms with Crippen molar-refractivity contribution in [2.24, 2.45) is 7.05 Å². The number of aryl methyl sites for hydroxylation is 1. The molecule has 0 aliphatic carbocycles. The first-order chi connectivity index (χ1) is 31.2. The molecule has 8 aromatic carbocycles. The van der Waals surface area contributed by atoms with Gasteiger partial charge in [-0.25, -0.2) is 4.57 Å². The minimum absolute atomic E-state index is 0. The van der Waals surface area contributed by atoms with E-state index < -0.39 is 0 Å². The standard InChI is InChI=1S/C55H36BN6O.Pt/c1-57-34-16-24-45-42-21-5-8-25-46(42)56-61(38-17-3-2-4-18-38)53-33-32-41(36-54(53)62(56)55(45)57)63-40-20-15-19-39(35-40)58-37-59(50-29-12-11-28-49(50)58)51-30-13-14-31-52(51)60-47-26-9-6-22-43(47)44-23-7-10-27-48(44)60;/h2-34H,1H3;/q-1;. The van der Waals surface area contributed by atoms with Crippen LogP contribution in [0.5, 0.6) is 11.5 Å².